The number of nitrogens with zero attached hydrogens (tertiary/aromatic N) is 4. The summed E-state index contributed by atoms with van der Waals surface area (Å²) in [7, 11) is 2.12. The van der Waals surface area contributed by atoms with E-state index in [1.165, 1.54) is 0 Å². The van der Waals surface area contributed by atoms with Gasteiger partial charge in [-0.25, -0.2) is 4.98 Å². The minimum Gasteiger partial charge on any atom is -0.473 e. The highest BCUT2D eigenvalue weighted by Gasteiger charge is 2.39. The van der Waals surface area contributed by atoms with Crippen LogP contribution >= 0.6 is 0 Å². The van der Waals surface area contributed by atoms with Gasteiger partial charge in [0.1, 0.15) is 12.3 Å². The first-order valence-electron chi connectivity index (χ1n) is 12.4. The molecular formula is C30H33N5O. The lowest BCUT2D eigenvalue weighted by atomic mass is 9.79. The highest BCUT2D eigenvalue weighted by Crippen LogP contribution is 2.33. The monoisotopic (exact) mass is 479 g/mol. The fourth-order valence-electron chi connectivity index (χ4n) is 5.34. The van der Waals surface area contributed by atoms with E-state index in [-0.39, 0.29) is 11.1 Å². The first kappa shape index (κ1) is 24.0. The molecule has 1 N–H and O–H groups in total. The molecule has 0 amide bonds. The maximum absolute atomic E-state index is 5.90. The number of fused-ring (bicyclic) bond motifs is 1. The number of hydrogen-bond donors (Lipinski definition) is 1. The summed E-state index contributed by atoms with van der Waals surface area (Å²) in [6, 6.07) is 24.9. The van der Waals surface area contributed by atoms with Crippen LogP contribution in [-0.2, 0) is 6.61 Å². The topological polar surface area (TPSA) is 63.2 Å². The van der Waals surface area contributed by atoms with E-state index in [0.29, 0.717) is 18.5 Å². The molecule has 2 aromatic carbocycles. The van der Waals surface area contributed by atoms with Crippen LogP contribution in [-0.4, -0.2) is 39.3 Å². The first-order valence-corrected chi connectivity index (χ1v) is 12.4. The van der Waals surface area contributed by atoms with E-state index < -0.39 is 0 Å². The Morgan fingerprint density at radius 2 is 1.72 bits per heavy atom. The quantitative estimate of drug-likeness (QED) is 0.387. The normalized spacial score (nSPS) is 16.9. The van der Waals surface area contributed by atoms with Gasteiger partial charge in [0.25, 0.3) is 0 Å². The maximum atomic E-state index is 5.90. The number of pyridine rings is 1. The largest absolute Gasteiger partial charge is 0.473 e. The molecule has 0 spiro atoms. The Morgan fingerprint density at radius 3 is 2.42 bits per heavy atom. The van der Waals surface area contributed by atoms with Crippen molar-refractivity contribution < 1.29 is 4.74 Å². The van der Waals surface area contributed by atoms with E-state index in [1.54, 1.807) is 6.20 Å². The van der Waals surface area contributed by atoms with Gasteiger partial charge in [0.15, 0.2) is 5.82 Å². The average molecular weight is 480 g/mol. The van der Waals surface area contributed by atoms with E-state index in [2.05, 4.69) is 72.3 Å². The Morgan fingerprint density at radius 1 is 0.972 bits per heavy atom. The minimum atomic E-state index is 0.0719. The van der Waals surface area contributed by atoms with Gasteiger partial charge in [-0.1, -0.05) is 42.5 Å². The maximum Gasteiger partial charge on any atom is 0.214 e. The Labute approximate surface area is 213 Å². The Bertz CT molecular complexity index is 1320. The molecule has 36 heavy (non-hydrogen) atoms. The molecule has 2 aromatic heterocycles. The lowest BCUT2D eigenvalue weighted by Gasteiger charge is -2.49. The zero-order valence-corrected chi connectivity index (χ0v) is 21.7. The summed E-state index contributed by atoms with van der Waals surface area (Å²) < 4.78 is 5.90. The third-order valence-electron chi connectivity index (χ3n) is 6.78. The van der Waals surface area contributed by atoms with E-state index >= 15 is 0 Å². The van der Waals surface area contributed by atoms with Crippen LogP contribution in [0.2, 0.25) is 0 Å². The van der Waals surface area contributed by atoms with Crippen molar-refractivity contribution in [3.05, 3.63) is 78.5 Å². The van der Waals surface area contributed by atoms with Gasteiger partial charge in [0.05, 0.1) is 10.9 Å². The van der Waals surface area contributed by atoms with Crippen LogP contribution in [0.25, 0.3) is 22.0 Å². The second kappa shape index (κ2) is 9.40. The molecule has 0 atom stereocenters. The van der Waals surface area contributed by atoms with Gasteiger partial charge in [0, 0.05) is 36.4 Å². The smallest absolute Gasteiger partial charge is 0.214 e. The van der Waals surface area contributed by atoms with E-state index in [4.69, 9.17) is 4.74 Å². The summed E-state index contributed by atoms with van der Waals surface area (Å²) in [6.07, 6.45) is 3.86. The van der Waals surface area contributed by atoms with Crippen LogP contribution in [0.5, 0.6) is 5.88 Å². The SMILES string of the molecule is CN(c1ccc(-c2c#cc3cnc(OCc4ccccc4)cc3c2)nn1)C1CC(C)(C)NC(C)(C)C1. The summed E-state index contributed by atoms with van der Waals surface area (Å²) in [6.45, 7) is 9.54. The molecule has 4 aromatic rings. The van der Waals surface area contributed by atoms with Crippen molar-refractivity contribution in [2.24, 2.45) is 0 Å². The molecule has 0 bridgehead atoms. The molecule has 1 aliphatic heterocycles. The molecule has 3 heterocycles. The minimum absolute atomic E-state index is 0.0719. The highest BCUT2D eigenvalue weighted by molar-refractivity contribution is 5.84. The van der Waals surface area contributed by atoms with Crippen molar-refractivity contribution in [3.8, 4) is 17.1 Å². The van der Waals surface area contributed by atoms with E-state index in [9.17, 15) is 0 Å². The number of piperidine rings is 1. The summed E-state index contributed by atoms with van der Waals surface area (Å²) in [5.41, 5.74) is 2.85. The van der Waals surface area contributed by atoms with Crippen molar-refractivity contribution in [1.29, 1.82) is 0 Å². The Balaban J connectivity index is 1.32. The molecule has 0 saturated carbocycles. The molecule has 6 nitrogen and oxygen atoms in total. The van der Waals surface area contributed by atoms with Crippen molar-refractivity contribution in [2.75, 3.05) is 11.9 Å². The fourth-order valence-corrected chi connectivity index (χ4v) is 5.34. The van der Waals surface area contributed by atoms with Gasteiger partial charge in [0.2, 0.25) is 5.88 Å². The second-order valence-electron chi connectivity index (χ2n) is 11.0. The van der Waals surface area contributed by atoms with Crippen LogP contribution in [0, 0.1) is 12.1 Å². The Hall–Kier alpha value is -3.69. The molecule has 0 radical (unpaired) electrons. The summed E-state index contributed by atoms with van der Waals surface area (Å²) >= 11 is 0. The number of anilines is 1. The number of benzene rings is 1. The number of nitrogens with one attached hydrogen (secondary N) is 1. The molecule has 184 valence electrons. The van der Waals surface area contributed by atoms with E-state index in [1.807, 2.05) is 54.6 Å². The Kier molecular flexibility index (Phi) is 6.27. The number of ether oxygens (including phenoxy) is 1. The standard InChI is InChI=1S/C30H33N5O/c1-29(2)17-25(18-30(3,4)34-29)35(5)27-14-13-26(32-33-27)22-11-12-23-19-31-28(16-24(23)15-22)36-20-21-9-7-6-8-10-21/h6-10,13-16,19,25,34H,17-18,20H2,1-5H3. The molecule has 0 aliphatic carbocycles. The van der Waals surface area contributed by atoms with Crippen molar-refractivity contribution in [1.82, 2.24) is 20.5 Å². The third-order valence-corrected chi connectivity index (χ3v) is 6.78. The van der Waals surface area contributed by atoms with E-state index in [0.717, 1.165) is 46.3 Å². The van der Waals surface area contributed by atoms with Gasteiger partial charge in [-0.15, -0.1) is 10.2 Å². The second-order valence-corrected chi connectivity index (χ2v) is 11.0. The highest BCUT2D eigenvalue weighted by atomic mass is 16.5. The van der Waals surface area contributed by atoms with Crippen LogP contribution in [0.4, 0.5) is 5.82 Å². The predicted molar refractivity (Wildman–Crippen MR) is 144 cm³/mol. The molecule has 6 heteroatoms. The lowest BCUT2D eigenvalue weighted by molar-refractivity contribution is 0.160. The zero-order valence-electron chi connectivity index (χ0n) is 21.7. The van der Waals surface area contributed by atoms with Crippen molar-refractivity contribution in [3.63, 3.8) is 0 Å². The van der Waals surface area contributed by atoms with Gasteiger partial charge in [-0.2, -0.15) is 0 Å². The third kappa shape index (κ3) is 5.42. The van der Waals surface area contributed by atoms with Crippen LogP contribution in [0.1, 0.15) is 46.1 Å². The van der Waals surface area contributed by atoms with Gasteiger partial charge >= 0.3 is 0 Å². The summed E-state index contributed by atoms with van der Waals surface area (Å²) in [4.78, 5) is 6.67. The average Bonchev–Trinajstić information content (AvgIpc) is 2.85. The summed E-state index contributed by atoms with van der Waals surface area (Å²) in [5.74, 6) is 1.45. The molecule has 1 fully saturated rings. The summed E-state index contributed by atoms with van der Waals surface area (Å²) in [5, 5.41) is 14.7. The van der Waals surface area contributed by atoms with Crippen LogP contribution < -0.4 is 15.0 Å². The number of aromatic nitrogens is 3. The van der Waals surface area contributed by atoms with Crippen LogP contribution in [0.3, 0.4) is 0 Å². The molecule has 0 unspecified atom stereocenters. The van der Waals surface area contributed by atoms with Crippen molar-refractivity contribution >= 4 is 16.6 Å². The zero-order chi connectivity index (χ0) is 25.3. The fraction of sp³-hybridized carbons (Fsp3) is 0.367. The number of rotatable bonds is 6. The van der Waals surface area contributed by atoms with Crippen molar-refractivity contribution in [2.45, 2.75) is 64.3 Å². The molecule has 1 aliphatic rings. The molecule has 1 saturated heterocycles. The first-order chi connectivity index (χ1) is 17.2. The molecular weight excluding hydrogens is 446 g/mol. The predicted octanol–water partition coefficient (Wildman–Crippen LogP) is 5.62. The van der Waals surface area contributed by atoms with Gasteiger partial charge < -0.3 is 15.0 Å². The lowest BCUT2D eigenvalue weighted by Crippen LogP contribution is -2.62. The van der Waals surface area contributed by atoms with Gasteiger partial charge in [-0.3, -0.25) is 0 Å². The van der Waals surface area contributed by atoms with Crippen LogP contribution in [0.15, 0.2) is 60.8 Å². The number of hydrogen-bond acceptors (Lipinski definition) is 6. The van der Waals surface area contributed by atoms with Gasteiger partial charge in [-0.05, 0) is 69.7 Å². The molecule has 5 rings (SSSR count).